The number of aromatic amines is 1. The van der Waals surface area contributed by atoms with Gasteiger partial charge in [-0.1, -0.05) is 37.0 Å². The summed E-state index contributed by atoms with van der Waals surface area (Å²) < 4.78 is 5.84. The lowest BCUT2D eigenvalue weighted by molar-refractivity contribution is -0.114. The number of nitrogens with one attached hydrogen (secondary N) is 3. The molecule has 0 aliphatic carbocycles. The highest BCUT2D eigenvalue weighted by atomic mass is 35.5. The van der Waals surface area contributed by atoms with Crippen LogP contribution in [-0.4, -0.2) is 33.9 Å². The molecule has 174 valence electrons. The smallest absolute Gasteiger partial charge is 0.414 e. The van der Waals surface area contributed by atoms with Gasteiger partial charge in [-0.3, -0.25) is 29.9 Å². The van der Waals surface area contributed by atoms with Gasteiger partial charge in [0.05, 0.1) is 18.8 Å². The highest BCUT2D eigenvalue weighted by Gasteiger charge is 2.16. The van der Waals surface area contributed by atoms with Gasteiger partial charge in [0.1, 0.15) is 6.07 Å². The summed E-state index contributed by atoms with van der Waals surface area (Å²) in [4.78, 5) is 49.6. The zero-order valence-corrected chi connectivity index (χ0v) is 19.4. The molecule has 0 radical (unpaired) electrons. The van der Waals surface area contributed by atoms with E-state index in [1.807, 2.05) is 19.2 Å². The molecule has 3 N–H and O–H groups in total. The van der Waals surface area contributed by atoms with Crippen LogP contribution in [0.15, 0.2) is 33.0 Å². The fourth-order valence-corrected chi connectivity index (χ4v) is 3.22. The van der Waals surface area contributed by atoms with E-state index in [1.54, 1.807) is 13.0 Å². The van der Waals surface area contributed by atoms with Gasteiger partial charge in [0.25, 0.3) is 11.5 Å². The number of imide groups is 1. The van der Waals surface area contributed by atoms with Gasteiger partial charge in [0.15, 0.2) is 0 Å². The van der Waals surface area contributed by atoms with Gasteiger partial charge in [0.2, 0.25) is 5.71 Å². The molecule has 0 spiro atoms. The highest BCUT2D eigenvalue weighted by Crippen LogP contribution is 2.29. The summed E-state index contributed by atoms with van der Waals surface area (Å²) in [5.41, 5.74) is 1.82. The molecule has 1 heterocycles. The van der Waals surface area contributed by atoms with Crippen LogP contribution in [0.2, 0.25) is 10.0 Å². The third-order valence-electron chi connectivity index (χ3n) is 4.24. The second kappa shape index (κ2) is 11.3. The van der Waals surface area contributed by atoms with Crippen LogP contribution >= 0.6 is 23.2 Å². The van der Waals surface area contributed by atoms with Gasteiger partial charge in [0, 0.05) is 27.4 Å². The zero-order chi connectivity index (χ0) is 24.7. The van der Waals surface area contributed by atoms with Crippen molar-refractivity contribution in [3.05, 3.63) is 60.3 Å². The van der Waals surface area contributed by atoms with Gasteiger partial charge in [-0.05, 0) is 25.0 Å². The van der Waals surface area contributed by atoms with E-state index in [0.717, 1.165) is 0 Å². The van der Waals surface area contributed by atoms with E-state index in [4.69, 9.17) is 28.5 Å². The topological polar surface area (TPSA) is 158 Å². The number of nitriles is 1. The van der Waals surface area contributed by atoms with E-state index in [-0.39, 0.29) is 34.8 Å². The molecule has 0 bridgehead atoms. The molecule has 2 aromatic rings. The van der Waals surface area contributed by atoms with E-state index >= 15 is 0 Å². The van der Waals surface area contributed by atoms with E-state index in [9.17, 15) is 19.2 Å². The number of hydrogen-bond acceptors (Lipinski definition) is 8. The fraction of sp³-hybridized carbons (Fsp3) is 0.300. The first-order chi connectivity index (χ1) is 15.6. The average molecular weight is 495 g/mol. The van der Waals surface area contributed by atoms with Crippen molar-refractivity contribution < 1.29 is 14.3 Å². The molecule has 2 amide bonds. The number of halogens is 2. The summed E-state index contributed by atoms with van der Waals surface area (Å²) in [6.07, 6.45) is 0.440. The molecule has 13 heteroatoms. The van der Waals surface area contributed by atoms with Crippen LogP contribution in [0.4, 0.5) is 10.5 Å². The minimum atomic E-state index is -1.06. The van der Waals surface area contributed by atoms with Crippen LogP contribution in [0.5, 0.6) is 0 Å². The first-order valence-electron chi connectivity index (χ1n) is 9.60. The summed E-state index contributed by atoms with van der Waals surface area (Å²) in [5.74, 6) is -1.16. The lowest BCUT2D eigenvalue weighted by atomic mass is 10.1. The van der Waals surface area contributed by atoms with Crippen molar-refractivity contribution in [1.29, 1.82) is 5.26 Å². The van der Waals surface area contributed by atoms with E-state index < -0.39 is 29.0 Å². The number of H-pyrrole nitrogens is 1. The summed E-state index contributed by atoms with van der Waals surface area (Å²) >= 11 is 12.6. The predicted molar refractivity (Wildman–Crippen MR) is 123 cm³/mol. The molecule has 0 atom stereocenters. The second-order valence-electron chi connectivity index (χ2n) is 6.90. The molecule has 33 heavy (non-hydrogen) atoms. The van der Waals surface area contributed by atoms with Crippen molar-refractivity contribution in [2.24, 2.45) is 5.10 Å². The quantitative estimate of drug-likeness (QED) is 0.393. The Morgan fingerprint density at radius 3 is 2.45 bits per heavy atom. The van der Waals surface area contributed by atoms with E-state index in [0.29, 0.717) is 11.1 Å². The minimum absolute atomic E-state index is 0.0120. The third-order valence-corrected chi connectivity index (χ3v) is 4.91. The van der Waals surface area contributed by atoms with Crippen molar-refractivity contribution in [1.82, 2.24) is 14.9 Å². The van der Waals surface area contributed by atoms with E-state index in [1.165, 1.54) is 22.9 Å². The minimum Gasteiger partial charge on any atom is -0.450 e. The Bertz CT molecular complexity index is 1240. The molecule has 0 unspecified atom stereocenters. The number of aromatic nitrogens is 2. The summed E-state index contributed by atoms with van der Waals surface area (Å²) in [6, 6.07) is 4.40. The number of carbonyl (C=O) groups is 2. The monoisotopic (exact) mass is 494 g/mol. The largest absolute Gasteiger partial charge is 0.450 e. The fourth-order valence-electron chi connectivity index (χ4n) is 2.61. The predicted octanol–water partition coefficient (Wildman–Crippen LogP) is 2.58. The van der Waals surface area contributed by atoms with Crippen molar-refractivity contribution in [3.8, 4) is 6.07 Å². The number of anilines is 1. The zero-order valence-electron chi connectivity index (χ0n) is 17.9. The number of rotatable bonds is 7. The molecule has 1 aromatic heterocycles. The molecular formula is C20H20Cl2N6O5. The SMILES string of the molecule is CCOC(=O)NC(=O)/C(C#N)=N\Nc1cc(Cl)c(Cn2cc(C(C)C)c(=O)[nH]c2=O)c(Cl)c1. The maximum Gasteiger partial charge on any atom is 0.414 e. The maximum atomic E-state index is 12.2. The van der Waals surface area contributed by atoms with Gasteiger partial charge >= 0.3 is 11.8 Å². The van der Waals surface area contributed by atoms with Crippen LogP contribution in [0.1, 0.15) is 37.8 Å². The molecule has 0 aliphatic rings. The number of ether oxygens (including phenoxy) is 1. The summed E-state index contributed by atoms with van der Waals surface area (Å²) in [7, 11) is 0. The summed E-state index contributed by atoms with van der Waals surface area (Å²) in [5, 5.41) is 14.9. The number of carbonyl (C=O) groups excluding carboxylic acids is 2. The first-order valence-corrected chi connectivity index (χ1v) is 10.4. The standard InChI is InChI=1S/C20H20Cl2N6O5/c1-4-33-20(32)25-18(30)16(7-23)27-26-11-5-14(21)13(15(22)6-11)9-28-8-12(10(2)3)17(29)24-19(28)31/h5-6,8,10,26H,4,9H2,1-3H3,(H,24,29,31)(H,25,30,32)/b27-16-. The number of hydrogen-bond donors (Lipinski definition) is 3. The van der Waals surface area contributed by atoms with Crippen molar-refractivity contribution in [3.63, 3.8) is 0 Å². The number of amides is 2. The molecule has 1 aromatic carbocycles. The van der Waals surface area contributed by atoms with Gasteiger partial charge < -0.3 is 4.74 Å². The van der Waals surface area contributed by atoms with Gasteiger partial charge in [-0.25, -0.2) is 9.59 Å². The van der Waals surface area contributed by atoms with Crippen LogP contribution in [0.3, 0.4) is 0 Å². The molecule has 11 nitrogen and oxygen atoms in total. The Kier molecular flexibility index (Phi) is 8.78. The van der Waals surface area contributed by atoms with Crippen molar-refractivity contribution in [2.75, 3.05) is 12.0 Å². The van der Waals surface area contributed by atoms with Gasteiger partial charge in [-0.15, -0.1) is 0 Å². The van der Waals surface area contributed by atoms with E-state index in [2.05, 4.69) is 20.2 Å². The third kappa shape index (κ3) is 6.68. The van der Waals surface area contributed by atoms with Crippen LogP contribution in [0.25, 0.3) is 0 Å². The number of benzene rings is 1. The molecule has 0 saturated heterocycles. The molecule has 0 fully saturated rings. The Hall–Kier alpha value is -3.62. The molecule has 2 rings (SSSR count). The number of nitrogens with zero attached hydrogens (tertiary/aromatic N) is 3. The lowest BCUT2D eigenvalue weighted by Gasteiger charge is -2.13. The highest BCUT2D eigenvalue weighted by molar-refractivity contribution is 6.47. The lowest BCUT2D eigenvalue weighted by Crippen LogP contribution is -2.36. The van der Waals surface area contributed by atoms with Crippen molar-refractivity contribution >= 4 is 46.6 Å². The number of hydrazone groups is 1. The maximum absolute atomic E-state index is 12.2. The normalized spacial score (nSPS) is 11.1. The van der Waals surface area contributed by atoms with Crippen LogP contribution < -0.4 is 22.0 Å². The van der Waals surface area contributed by atoms with Crippen LogP contribution in [0, 0.1) is 11.3 Å². The summed E-state index contributed by atoms with van der Waals surface area (Å²) in [6.45, 7) is 5.23. The Morgan fingerprint density at radius 1 is 1.27 bits per heavy atom. The number of alkyl carbamates (subject to hydrolysis) is 1. The first kappa shape index (κ1) is 25.6. The molecular weight excluding hydrogens is 475 g/mol. The second-order valence-corrected chi connectivity index (χ2v) is 7.72. The Balaban J connectivity index is 2.26. The van der Waals surface area contributed by atoms with Crippen LogP contribution in [-0.2, 0) is 16.1 Å². The Labute approximate surface area is 198 Å². The van der Waals surface area contributed by atoms with Crippen molar-refractivity contribution in [2.45, 2.75) is 33.2 Å². The van der Waals surface area contributed by atoms with Gasteiger partial charge in [-0.2, -0.15) is 10.4 Å². The molecule has 0 saturated carbocycles. The average Bonchev–Trinajstić information content (AvgIpc) is 2.72. The Morgan fingerprint density at radius 2 is 1.91 bits per heavy atom. The molecule has 0 aliphatic heterocycles.